The third kappa shape index (κ3) is 2.75. The maximum atomic E-state index is 11.9. The molecule has 6 nitrogen and oxygen atoms in total. The lowest BCUT2D eigenvalue weighted by Gasteiger charge is -2.04. The van der Waals surface area contributed by atoms with Crippen LogP contribution in [0.15, 0.2) is 33.8 Å². The molecule has 90 valence electrons. The van der Waals surface area contributed by atoms with Gasteiger partial charge in [0.05, 0.1) is 10.6 Å². The normalized spacial score (nSPS) is 11.4. The van der Waals surface area contributed by atoms with Gasteiger partial charge in [-0.05, 0) is 19.1 Å². The average molecular weight is 274 g/mol. The van der Waals surface area contributed by atoms with Gasteiger partial charge in [-0.3, -0.25) is 0 Å². The number of rotatable bonds is 3. The Balaban J connectivity index is 2.31. The van der Waals surface area contributed by atoms with Gasteiger partial charge in [-0.2, -0.15) is 0 Å². The van der Waals surface area contributed by atoms with E-state index in [9.17, 15) is 8.42 Å². The Morgan fingerprint density at radius 2 is 2.18 bits per heavy atom. The lowest BCUT2D eigenvalue weighted by molar-refractivity contribution is 0.430. The number of hydrogen-bond acceptors (Lipinski definition) is 5. The molecule has 1 N–H and O–H groups in total. The fourth-order valence-electron chi connectivity index (χ4n) is 1.15. The second-order valence-electron chi connectivity index (χ2n) is 3.25. The number of hydrogen-bond donors (Lipinski definition) is 1. The molecular formula is C9H8ClN3O3S. The number of nitrogens with one attached hydrogen (secondary N) is 1. The minimum absolute atomic E-state index is 0.00607. The molecule has 0 amide bonds. The Bertz CT molecular complexity index is 638. The highest BCUT2D eigenvalue weighted by Crippen LogP contribution is 2.18. The van der Waals surface area contributed by atoms with Crippen LogP contribution in [-0.4, -0.2) is 18.6 Å². The number of aryl methyl sites for hydroxylation is 1. The molecular weight excluding hydrogens is 266 g/mol. The first kappa shape index (κ1) is 11.9. The van der Waals surface area contributed by atoms with Crippen molar-refractivity contribution in [1.82, 2.24) is 10.1 Å². The third-order valence-electron chi connectivity index (χ3n) is 1.87. The Hall–Kier alpha value is -1.60. The van der Waals surface area contributed by atoms with Crippen LogP contribution in [0.5, 0.6) is 0 Å². The van der Waals surface area contributed by atoms with Crippen molar-refractivity contribution in [2.24, 2.45) is 0 Å². The highest BCUT2D eigenvalue weighted by atomic mass is 35.5. The number of halogens is 1. The molecule has 0 saturated heterocycles. The van der Waals surface area contributed by atoms with Gasteiger partial charge in [-0.25, -0.2) is 18.1 Å². The van der Waals surface area contributed by atoms with Crippen LogP contribution in [0.1, 0.15) is 5.69 Å². The molecule has 0 bridgehead atoms. The van der Waals surface area contributed by atoms with Gasteiger partial charge in [0, 0.05) is 12.3 Å². The first-order valence-electron chi connectivity index (χ1n) is 4.55. The van der Waals surface area contributed by atoms with Crippen LogP contribution < -0.4 is 4.72 Å². The van der Waals surface area contributed by atoms with Crippen LogP contribution >= 0.6 is 11.6 Å². The summed E-state index contributed by atoms with van der Waals surface area (Å²) in [6, 6.07) is 4.05. The minimum atomic E-state index is -3.73. The second-order valence-corrected chi connectivity index (χ2v) is 5.32. The predicted molar refractivity (Wildman–Crippen MR) is 61.3 cm³/mol. The predicted octanol–water partition coefficient (Wildman–Crippen LogP) is 1.83. The molecule has 0 aliphatic heterocycles. The zero-order valence-corrected chi connectivity index (χ0v) is 10.3. The van der Waals surface area contributed by atoms with Crippen molar-refractivity contribution in [2.45, 2.75) is 11.8 Å². The van der Waals surface area contributed by atoms with E-state index < -0.39 is 10.0 Å². The van der Waals surface area contributed by atoms with Crippen molar-refractivity contribution in [3.63, 3.8) is 0 Å². The maximum Gasteiger partial charge on any atom is 0.264 e. The molecule has 0 spiro atoms. The van der Waals surface area contributed by atoms with Crippen molar-refractivity contribution in [1.29, 1.82) is 0 Å². The summed E-state index contributed by atoms with van der Waals surface area (Å²) in [6.07, 6.45) is 1.31. The number of sulfonamides is 1. The van der Waals surface area contributed by atoms with E-state index in [-0.39, 0.29) is 15.9 Å². The van der Waals surface area contributed by atoms with E-state index in [1.54, 1.807) is 6.92 Å². The Morgan fingerprint density at radius 1 is 1.41 bits per heavy atom. The fourth-order valence-corrected chi connectivity index (χ4v) is 2.38. The molecule has 0 aliphatic rings. The van der Waals surface area contributed by atoms with Gasteiger partial charge in [-0.15, -0.1) is 0 Å². The van der Waals surface area contributed by atoms with E-state index in [2.05, 4.69) is 14.9 Å². The minimum Gasteiger partial charge on any atom is -0.338 e. The molecule has 0 aromatic carbocycles. The quantitative estimate of drug-likeness (QED) is 0.863. The molecule has 0 unspecified atom stereocenters. The van der Waals surface area contributed by atoms with Crippen LogP contribution in [-0.2, 0) is 10.0 Å². The van der Waals surface area contributed by atoms with Gasteiger partial charge >= 0.3 is 0 Å². The van der Waals surface area contributed by atoms with E-state index in [1.807, 2.05) is 0 Å². The Morgan fingerprint density at radius 3 is 2.76 bits per heavy atom. The zero-order chi connectivity index (χ0) is 12.5. The fraction of sp³-hybridized carbons (Fsp3) is 0.111. The topological polar surface area (TPSA) is 85.1 Å². The van der Waals surface area contributed by atoms with Crippen molar-refractivity contribution in [2.75, 3.05) is 4.72 Å². The number of pyridine rings is 1. The van der Waals surface area contributed by atoms with E-state index in [4.69, 9.17) is 16.1 Å². The van der Waals surface area contributed by atoms with Crippen LogP contribution in [0.2, 0.25) is 5.15 Å². The molecule has 2 aromatic heterocycles. The molecule has 2 rings (SSSR count). The van der Waals surface area contributed by atoms with Gasteiger partial charge in [0.25, 0.3) is 10.0 Å². The first-order chi connectivity index (χ1) is 7.97. The van der Waals surface area contributed by atoms with Crippen molar-refractivity contribution in [3.05, 3.63) is 35.2 Å². The highest BCUT2D eigenvalue weighted by Gasteiger charge is 2.16. The second kappa shape index (κ2) is 4.34. The summed E-state index contributed by atoms with van der Waals surface area (Å²) in [7, 11) is -3.73. The van der Waals surface area contributed by atoms with Crippen LogP contribution in [0.3, 0.4) is 0 Å². The summed E-state index contributed by atoms with van der Waals surface area (Å²) in [5.74, 6) is 0.0513. The number of aromatic nitrogens is 2. The summed E-state index contributed by atoms with van der Waals surface area (Å²) in [5, 5.41) is 3.67. The van der Waals surface area contributed by atoms with Gasteiger partial charge < -0.3 is 4.52 Å². The molecule has 0 aliphatic carbocycles. The van der Waals surface area contributed by atoms with E-state index in [0.717, 1.165) is 0 Å². The summed E-state index contributed by atoms with van der Waals surface area (Å²) < 4.78 is 30.8. The lowest BCUT2D eigenvalue weighted by Crippen LogP contribution is -2.12. The lowest BCUT2D eigenvalue weighted by atomic mass is 10.5. The number of anilines is 1. The van der Waals surface area contributed by atoms with E-state index in [1.165, 1.54) is 24.4 Å². The Labute approximate surface area is 103 Å². The van der Waals surface area contributed by atoms with Crippen LogP contribution in [0, 0.1) is 6.92 Å². The zero-order valence-electron chi connectivity index (χ0n) is 8.71. The van der Waals surface area contributed by atoms with Gasteiger partial charge in [0.15, 0.2) is 0 Å². The molecule has 17 heavy (non-hydrogen) atoms. The maximum absolute atomic E-state index is 11.9. The van der Waals surface area contributed by atoms with E-state index >= 15 is 0 Å². The average Bonchev–Trinajstić information content (AvgIpc) is 2.63. The van der Waals surface area contributed by atoms with Crippen LogP contribution in [0.25, 0.3) is 0 Å². The molecule has 8 heteroatoms. The molecule has 0 radical (unpaired) electrons. The molecule has 0 saturated carbocycles. The van der Waals surface area contributed by atoms with E-state index in [0.29, 0.717) is 5.69 Å². The summed E-state index contributed by atoms with van der Waals surface area (Å²) in [4.78, 5) is 3.71. The molecule has 0 atom stereocenters. The standard InChI is InChI=1S/C9H8ClN3O3S/c1-6-4-9(16-12-6)13-17(14,15)7-2-3-11-8(10)5-7/h2-5,13H,1H3. The molecule has 2 heterocycles. The monoisotopic (exact) mass is 273 g/mol. The third-order valence-corrected chi connectivity index (χ3v) is 3.42. The van der Waals surface area contributed by atoms with Gasteiger partial charge in [-0.1, -0.05) is 16.8 Å². The highest BCUT2D eigenvalue weighted by molar-refractivity contribution is 7.92. The van der Waals surface area contributed by atoms with Gasteiger partial charge in [0.1, 0.15) is 5.15 Å². The summed E-state index contributed by atoms with van der Waals surface area (Å²) in [6.45, 7) is 1.69. The van der Waals surface area contributed by atoms with Crippen molar-refractivity contribution < 1.29 is 12.9 Å². The number of nitrogens with zero attached hydrogens (tertiary/aromatic N) is 2. The van der Waals surface area contributed by atoms with Crippen LogP contribution in [0.4, 0.5) is 5.88 Å². The summed E-state index contributed by atoms with van der Waals surface area (Å²) >= 11 is 5.62. The largest absolute Gasteiger partial charge is 0.338 e. The van der Waals surface area contributed by atoms with Crippen molar-refractivity contribution in [3.8, 4) is 0 Å². The molecule has 0 fully saturated rings. The SMILES string of the molecule is Cc1cc(NS(=O)(=O)c2ccnc(Cl)c2)on1. The van der Waals surface area contributed by atoms with Gasteiger partial charge in [0.2, 0.25) is 5.88 Å². The summed E-state index contributed by atoms with van der Waals surface area (Å²) in [5.41, 5.74) is 0.579. The molecule has 2 aromatic rings. The smallest absolute Gasteiger partial charge is 0.264 e. The Kier molecular flexibility index (Phi) is 3.03. The van der Waals surface area contributed by atoms with Crippen molar-refractivity contribution >= 4 is 27.5 Å². The first-order valence-corrected chi connectivity index (χ1v) is 6.41.